The van der Waals surface area contributed by atoms with Gasteiger partial charge in [0.25, 0.3) is 0 Å². The van der Waals surface area contributed by atoms with E-state index in [1.165, 1.54) is 15.8 Å². The molecule has 94 valence electrons. The molecule has 18 heavy (non-hydrogen) atoms. The number of aromatic nitrogens is 2. The van der Waals surface area contributed by atoms with Gasteiger partial charge in [0.15, 0.2) is 0 Å². The number of nitrogens with zero attached hydrogens (tertiary/aromatic N) is 3. The maximum absolute atomic E-state index is 8.85. The van der Waals surface area contributed by atoms with Crippen molar-refractivity contribution in [3.8, 4) is 6.07 Å². The third-order valence-corrected chi connectivity index (χ3v) is 5.13. The maximum Gasteiger partial charge on any atom is 0.128 e. The van der Waals surface area contributed by atoms with Crippen LogP contribution in [0.5, 0.6) is 0 Å². The lowest BCUT2D eigenvalue weighted by Crippen LogP contribution is -1.97. The lowest BCUT2D eigenvalue weighted by molar-refractivity contribution is 0.861. The van der Waals surface area contributed by atoms with Gasteiger partial charge in [-0.15, -0.1) is 23.1 Å². The number of fused-ring (bicyclic) bond motifs is 1. The van der Waals surface area contributed by atoms with Crippen LogP contribution in [-0.4, -0.2) is 15.7 Å². The van der Waals surface area contributed by atoms with E-state index in [1.807, 2.05) is 13.8 Å². The first-order valence-corrected chi connectivity index (χ1v) is 7.60. The Labute approximate surface area is 115 Å². The Bertz CT molecular complexity index is 625. The minimum atomic E-state index is 0.0420. The molecule has 0 unspecified atom stereocenters. The Morgan fingerprint density at radius 2 is 2.06 bits per heavy atom. The molecular weight excluding hydrogens is 262 g/mol. The molecule has 2 aromatic heterocycles. The van der Waals surface area contributed by atoms with Crippen LogP contribution in [0.1, 0.15) is 23.2 Å². The van der Waals surface area contributed by atoms with Crippen molar-refractivity contribution < 1.29 is 0 Å². The largest absolute Gasteiger partial charge is 0.226 e. The summed E-state index contributed by atoms with van der Waals surface area (Å²) in [6.45, 7) is 8.08. The van der Waals surface area contributed by atoms with Crippen molar-refractivity contribution >= 4 is 33.3 Å². The van der Waals surface area contributed by atoms with Crippen molar-refractivity contribution in [2.45, 2.75) is 32.7 Å². The van der Waals surface area contributed by atoms with E-state index in [0.29, 0.717) is 0 Å². The molecular formula is C13H15N3S2. The molecule has 5 heteroatoms. The predicted molar refractivity (Wildman–Crippen MR) is 77.1 cm³/mol. The average molecular weight is 277 g/mol. The smallest absolute Gasteiger partial charge is 0.128 e. The molecule has 0 aromatic carbocycles. The fraction of sp³-hybridized carbons (Fsp3) is 0.462. The topological polar surface area (TPSA) is 49.6 Å². The van der Waals surface area contributed by atoms with Gasteiger partial charge in [-0.2, -0.15) is 5.26 Å². The maximum atomic E-state index is 8.85. The summed E-state index contributed by atoms with van der Waals surface area (Å²) in [5.74, 6) is 1.62. The minimum absolute atomic E-state index is 0.0420. The van der Waals surface area contributed by atoms with E-state index in [2.05, 4.69) is 29.9 Å². The van der Waals surface area contributed by atoms with Crippen LogP contribution in [0.3, 0.4) is 0 Å². The zero-order chi connectivity index (χ0) is 13.3. The molecule has 2 heterocycles. The average Bonchev–Trinajstić information content (AvgIpc) is 2.61. The molecule has 2 rings (SSSR count). The Balaban J connectivity index is 2.45. The number of nitriles is 1. The molecule has 0 aliphatic carbocycles. The molecule has 0 saturated carbocycles. The van der Waals surface area contributed by atoms with Crippen LogP contribution in [-0.2, 0) is 0 Å². The quantitative estimate of drug-likeness (QED) is 0.631. The summed E-state index contributed by atoms with van der Waals surface area (Å²) < 4.78 is 0. The molecule has 0 bridgehead atoms. The van der Waals surface area contributed by atoms with E-state index in [0.717, 1.165) is 21.4 Å². The number of hydrogen-bond donors (Lipinski definition) is 0. The summed E-state index contributed by atoms with van der Waals surface area (Å²) >= 11 is 3.37. The van der Waals surface area contributed by atoms with Gasteiger partial charge in [-0.25, -0.2) is 9.97 Å². The number of rotatable bonds is 3. The van der Waals surface area contributed by atoms with E-state index in [4.69, 9.17) is 5.26 Å². The van der Waals surface area contributed by atoms with Gasteiger partial charge in [-0.05, 0) is 33.3 Å². The molecule has 0 aliphatic heterocycles. The second-order valence-electron chi connectivity index (χ2n) is 4.38. The van der Waals surface area contributed by atoms with Gasteiger partial charge in [-0.1, -0.05) is 0 Å². The summed E-state index contributed by atoms with van der Waals surface area (Å²) in [5.41, 5.74) is 1.27. The zero-order valence-corrected chi connectivity index (χ0v) is 12.6. The van der Waals surface area contributed by atoms with Crippen LogP contribution in [0, 0.1) is 38.0 Å². The first-order valence-electron chi connectivity index (χ1n) is 5.79. The number of thiophene rings is 1. The van der Waals surface area contributed by atoms with Gasteiger partial charge in [-0.3, -0.25) is 0 Å². The van der Waals surface area contributed by atoms with E-state index < -0.39 is 0 Å². The van der Waals surface area contributed by atoms with Crippen LogP contribution in [0.15, 0.2) is 5.03 Å². The molecule has 0 spiro atoms. The molecule has 1 atom stereocenters. The summed E-state index contributed by atoms with van der Waals surface area (Å²) in [6.07, 6.45) is 0. The Kier molecular flexibility index (Phi) is 3.88. The molecule has 3 nitrogen and oxygen atoms in total. The third-order valence-electron chi connectivity index (χ3n) is 2.80. The molecule has 0 amide bonds. The molecule has 0 N–H and O–H groups in total. The monoisotopic (exact) mass is 277 g/mol. The summed E-state index contributed by atoms with van der Waals surface area (Å²) in [4.78, 5) is 11.4. The van der Waals surface area contributed by atoms with Crippen LogP contribution in [0.25, 0.3) is 10.2 Å². The van der Waals surface area contributed by atoms with Gasteiger partial charge in [0.1, 0.15) is 15.7 Å². The van der Waals surface area contributed by atoms with Crippen LogP contribution in [0.2, 0.25) is 0 Å². The van der Waals surface area contributed by atoms with E-state index in [1.54, 1.807) is 23.1 Å². The third kappa shape index (κ3) is 2.50. The highest BCUT2D eigenvalue weighted by Gasteiger charge is 2.14. The highest BCUT2D eigenvalue weighted by atomic mass is 32.2. The predicted octanol–water partition coefficient (Wildman–Crippen LogP) is 3.87. The summed E-state index contributed by atoms with van der Waals surface area (Å²) in [5, 5.41) is 11.0. The van der Waals surface area contributed by atoms with Gasteiger partial charge in [0.2, 0.25) is 0 Å². The molecule has 0 saturated heterocycles. The van der Waals surface area contributed by atoms with Gasteiger partial charge in [0.05, 0.1) is 12.0 Å². The van der Waals surface area contributed by atoms with Crippen molar-refractivity contribution in [2.75, 3.05) is 5.75 Å². The van der Waals surface area contributed by atoms with E-state index in [-0.39, 0.29) is 5.92 Å². The minimum Gasteiger partial charge on any atom is -0.226 e. The second-order valence-corrected chi connectivity index (χ2v) is 6.59. The van der Waals surface area contributed by atoms with Gasteiger partial charge >= 0.3 is 0 Å². The SMILES string of the molecule is Cc1nc(SC[C@@H](C)C#N)c2c(C)c(C)sc2n1. The first-order chi connectivity index (χ1) is 8.52. The van der Waals surface area contributed by atoms with Crippen LogP contribution < -0.4 is 0 Å². The van der Waals surface area contributed by atoms with Crippen molar-refractivity contribution in [3.05, 3.63) is 16.3 Å². The fourth-order valence-corrected chi connectivity index (χ4v) is 3.87. The highest BCUT2D eigenvalue weighted by molar-refractivity contribution is 7.99. The van der Waals surface area contributed by atoms with Gasteiger partial charge in [0, 0.05) is 16.0 Å². The van der Waals surface area contributed by atoms with Crippen LogP contribution in [0.4, 0.5) is 0 Å². The highest BCUT2D eigenvalue weighted by Crippen LogP contribution is 2.35. The first kappa shape index (κ1) is 13.3. The fourth-order valence-electron chi connectivity index (χ4n) is 1.66. The van der Waals surface area contributed by atoms with Crippen molar-refractivity contribution in [3.63, 3.8) is 0 Å². The normalized spacial score (nSPS) is 12.6. The van der Waals surface area contributed by atoms with Crippen molar-refractivity contribution in [2.24, 2.45) is 5.92 Å². The Hall–Kier alpha value is -1.12. The summed E-state index contributed by atoms with van der Waals surface area (Å²) in [6, 6.07) is 2.26. The molecule has 0 fully saturated rings. The molecule has 0 radical (unpaired) electrons. The van der Waals surface area contributed by atoms with E-state index >= 15 is 0 Å². The number of thioether (sulfide) groups is 1. The Morgan fingerprint density at radius 1 is 1.33 bits per heavy atom. The molecule has 2 aromatic rings. The standard InChI is InChI=1S/C13H15N3S2/c1-7(5-14)6-17-12-11-8(2)9(3)18-13(11)16-10(4)15-12/h7H,6H2,1-4H3/t7-/m0/s1. The second kappa shape index (κ2) is 5.25. The summed E-state index contributed by atoms with van der Waals surface area (Å²) in [7, 11) is 0. The number of hydrogen-bond acceptors (Lipinski definition) is 5. The lowest BCUT2D eigenvalue weighted by Gasteiger charge is -2.05. The molecule has 0 aliphatic rings. The number of aryl methyl sites for hydroxylation is 3. The lowest BCUT2D eigenvalue weighted by atomic mass is 10.2. The van der Waals surface area contributed by atoms with Crippen molar-refractivity contribution in [1.29, 1.82) is 5.26 Å². The van der Waals surface area contributed by atoms with Crippen LogP contribution >= 0.6 is 23.1 Å². The zero-order valence-electron chi connectivity index (χ0n) is 10.9. The van der Waals surface area contributed by atoms with Crippen molar-refractivity contribution in [1.82, 2.24) is 9.97 Å². The van der Waals surface area contributed by atoms with E-state index in [9.17, 15) is 0 Å². The van der Waals surface area contributed by atoms with Gasteiger partial charge < -0.3 is 0 Å². The Morgan fingerprint density at radius 3 is 2.72 bits per heavy atom.